The van der Waals surface area contributed by atoms with E-state index in [4.69, 9.17) is 9.47 Å². The highest BCUT2D eigenvalue weighted by Crippen LogP contribution is 2.23. The van der Waals surface area contributed by atoms with Crippen LogP contribution >= 0.6 is 0 Å². The maximum absolute atomic E-state index is 13.0. The summed E-state index contributed by atoms with van der Waals surface area (Å²) in [5.41, 5.74) is -0.681. The van der Waals surface area contributed by atoms with Crippen molar-refractivity contribution in [2.75, 3.05) is 13.2 Å². The topological polar surface area (TPSA) is 107 Å². The van der Waals surface area contributed by atoms with Crippen LogP contribution in [0.3, 0.4) is 0 Å². The van der Waals surface area contributed by atoms with E-state index in [2.05, 4.69) is 38.2 Å². The Hall–Kier alpha value is -2.45. The molecule has 1 aromatic carbocycles. The average Bonchev–Trinajstić information content (AvgIpc) is 3.10. The summed E-state index contributed by atoms with van der Waals surface area (Å²) in [6.45, 7) is 4.68. The van der Waals surface area contributed by atoms with Crippen LogP contribution in [0.25, 0.3) is 0 Å². The van der Waals surface area contributed by atoms with Crippen molar-refractivity contribution in [3.8, 4) is 0 Å². The van der Waals surface area contributed by atoms with Crippen LogP contribution in [0.2, 0.25) is 0 Å². The van der Waals surface area contributed by atoms with Crippen molar-refractivity contribution in [2.45, 2.75) is 186 Å². The van der Waals surface area contributed by atoms with Crippen LogP contribution in [0.1, 0.15) is 202 Å². The van der Waals surface area contributed by atoms with Crippen LogP contribution in [0, 0.1) is 0 Å². The predicted octanol–water partition coefficient (Wildman–Crippen LogP) is 12.5. The zero-order valence-electron chi connectivity index (χ0n) is 31.6. The van der Waals surface area contributed by atoms with Gasteiger partial charge < -0.3 is 9.47 Å². The normalized spacial score (nSPS) is 11.9. The molecule has 0 fully saturated rings. The number of esters is 2. The Morgan fingerprint density at radius 2 is 0.900 bits per heavy atom. The first-order valence-electron chi connectivity index (χ1n) is 20.1. The Balaban J connectivity index is 2.29. The summed E-state index contributed by atoms with van der Waals surface area (Å²) in [6.07, 6.45) is 39.1. The second-order valence-electron chi connectivity index (χ2n) is 13.6. The molecule has 0 aliphatic carbocycles. The summed E-state index contributed by atoms with van der Waals surface area (Å²) in [4.78, 5) is 25.3. The van der Waals surface area contributed by atoms with Gasteiger partial charge in [-0.2, -0.15) is 8.42 Å². The van der Waals surface area contributed by atoms with E-state index in [1.807, 2.05) is 0 Å². The van der Waals surface area contributed by atoms with Crippen molar-refractivity contribution in [3.05, 3.63) is 53.6 Å². The molecule has 1 aromatic rings. The summed E-state index contributed by atoms with van der Waals surface area (Å²) in [5, 5.41) is 0. The van der Waals surface area contributed by atoms with E-state index in [0.717, 1.165) is 44.6 Å². The molecule has 0 unspecified atom stereocenters. The summed E-state index contributed by atoms with van der Waals surface area (Å²) >= 11 is 0. The van der Waals surface area contributed by atoms with Gasteiger partial charge in [0, 0.05) is 0 Å². The number of allylic oxidation sites excluding steroid dienone is 4. The minimum Gasteiger partial charge on any atom is -0.462 e. The molecule has 286 valence electrons. The van der Waals surface area contributed by atoms with Crippen molar-refractivity contribution in [2.24, 2.45) is 0 Å². The third-order valence-electron chi connectivity index (χ3n) is 8.97. The summed E-state index contributed by atoms with van der Waals surface area (Å²) < 4.78 is 44.7. The molecule has 0 aliphatic rings. The van der Waals surface area contributed by atoms with Crippen molar-refractivity contribution in [1.82, 2.24) is 0 Å². The Labute approximate surface area is 305 Å². The summed E-state index contributed by atoms with van der Waals surface area (Å²) in [6, 6.07) is 3.74. The molecule has 0 radical (unpaired) electrons. The number of hydrogen-bond donors (Lipinski definition) is 1. The quantitative estimate of drug-likeness (QED) is 0.0333. The van der Waals surface area contributed by atoms with Crippen LogP contribution < -0.4 is 0 Å². The highest BCUT2D eigenvalue weighted by atomic mass is 32.2. The summed E-state index contributed by atoms with van der Waals surface area (Å²) in [5.74, 6) is -1.75. The third kappa shape index (κ3) is 23.9. The van der Waals surface area contributed by atoms with Gasteiger partial charge in [0.15, 0.2) is 0 Å². The molecule has 0 heterocycles. The molecule has 7 nitrogen and oxygen atoms in total. The number of benzene rings is 1. The molecular formula is C42H70O7S. The lowest BCUT2D eigenvalue weighted by molar-refractivity contribution is 0.0446. The van der Waals surface area contributed by atoms with E-state index in [1.165, 1.54) is 128 Å². The lowest BCUT2D eigenvalue weighted by Gasteiger charge is -2.13. The standard InChI is InChI=1S/C42H70O7S/c1-3-5-7-9-11-13-15-17-19-21-23-25-27-29-31-36-48-41(43)38-34-33-35-39(50(45,46)47)40(38)42(44)49-37-32-30-28-26-24-22-20-18-16-14-12-10-8-6-4-2/h7-10,33-35H,3-6,11-32,36-37H2,1-2H3,(H,45,46,47)/b9-7+,10-8+. The van der Waals surface area contributed by atoms with Gasteiger partial charge in [-0.3, -0.25) is 4.55 Å². The predicted molar refractivity (Wildman–Crippen MR) is 206 cm³/mol. The van der Waals surface area contributed by atoms with E-state index in [1.54, 1.807) is 0 Å². The van der Waals surface area contributed by atoms with Crippen molar-refractivity contribution < 1.29 is 32.0 Å². The molecule has 8 heteroatoms. The van der Waals surface area contributed by atoms with Gasteiger partial charge in [-0.05, 0) is 63.5 Å². The fraction of sp³-hybridized carbons (Fsp3) is 0.714. The van der Waals surface area contributed by atoms with Crippen LogP contribution in [0.5, 0.6) is 0 Å². The highest BCUT2D eigenvalue weighted by molar-refractivity contribution is 7.86. The first-order chi connectivity index (χ1) is 24.3. The van der Waals surface area contributed by atoms with Gasteiger partial charge in [-0.25, -0.2) is 9.59 Å². The number of carbonyl (C=O) groups excluding carboxylic acids is 2. The summed E-state index contributed by atoms with van der Waals surface area (Å²) in [7, 11) is -4.76. The van der Waals surface area contributed by atoms with Gasteiger partial charge in [0.25, 0.3) is 10.1 Å². The van der Waals surface area contributed by atoms with Crippen LogP contribution in [0.4, 0.5) is 0 Å². The van der Waals surface area contributed by atoms with E-state index < -0.39 is 32.5 Å². The number of unbranched alkanes of at least 4 members (excludes halogenated alkanes) is 22. The largest absolute Gasteiger partial charge is 0.462 e. The second-order valence-corrected chi connectivity index (χ2v) is 15.0. The monoisotopic (exact) mass is 718 g/mol. The van der Waals surface area contributed by atoms with Crippen LogP contribution in [0.15, 0.2) is 47.4 Å². The van der Waals surface area contributed by atoms with Crippen LogP contribution in [-0.4, -0.2) is 38.1 Å². The zero-order chi connectivity index (χ0) is 36.5. The first-order valence-corrected chi connectivity index (χ1v) is 21.5. The number of rotatable bonds is 33. The van der Waals surface area contributed by atoms with Gasteiger partial charge in [0.05, 0.1) is 24.3 Å². The van der Waals surface area contributed by atoms with Gasteiger partial charge in [0.2, 0.25) is 0 Å². The van der Waals surface area contributed by atoms with Gasteiger partial charge >= 0.3 is 11.9 Å². The fourth-order valence-electron chi connectivity index (χ4n) is 5.97. The Morgan fingerprint density at radius 3 is 1.30 bits per heavy atom. The van der Waals surface area contributed by atoms with E-state index in [9.17, 15) is 22.6 Å². The molecule has 0 spiro atoms. The first kappa shape index (κ1) is 45.6. The molecule has 0 saturated carbocycles. The average molecular weight is 719 g/mol. The van der Waals surface area contributed by atoms with Gasteiger partial charge in [0.1, 0.15) is 4.90 Å². The highest BCUT2D eigenvalue weighted by Gasteiger charge is 2.28. The fourth-order valence-corrected chi connectivity index (χ4v) is 6.67. The number of carbonyl (C=O) groups is 2. The minimum absolute atomic E-state index is 0.108. The Morgan fingerprint density at radius 1 is 0.540 bits per heavy atom. The Bertz CT molecular complexity index is 1170. The third-order valence-corrected chi connectivity index (χ3v) is 9.86. The molecule has 1 rings (SSSR count). The molecule has 0 amide bonds. The van der Waals surface area contributed by atoms with Crippen molar-refractivity contribution in [1.29, 1.82) is 0 Å². The lowest BCUT2D eigenvalue weighted by Crippen LogP contribution is -2.19. The smallest absolute Gasteiger partial charge is 0.340 e. The molecule has 0 aromatic heterocycles. The zero-order valence-corrected chi connectivity index (χ0v) is 32.5. The maximum Gasteiger partial charge on any atom is 0.340 e. The molecule has 0 atom stereocenters. The van der Waals surface area contributed by atoms with E-state index in [0.29, 0.717) is 12.8 Å². The van der Waals surface area contributed by atoms with E-state index in [-0.39, 0.29) is 18.8 Å². The number of hydrogen-bond acceptors (Lipinski definition) is 6. The molecule has 0 bridgehead atoms. The lowest BCUT2D eigenvalue weighted by atomic mass is 10.1. The molecule has 1 N–H and O–H groups in total. The van der Waals surface area contributed by atoms with Gasteiger partial charge in [-0.15, -0.1) is 0 Å². The van der Waals surface area contributed by atoms with Gasteiger partial charge in [-0.1, -0.05) is 160 Å². The minimum atomic E-state index is -4.76. The SMILES string of the molecule is CCC/C=C/CCCCCCCCCCCCOC(=O)c1cccc(S(=O)(=O)O)c1C(=O)OCCCCCCCCCCCC/C=C/CCC. The van der Waals surface area contributed by atoms with Crippen molar-refractivity contribution in [3.63, 3.8) is 0 Å². The number of ether oxygens (including phenoxy) is 2. The molecule has 50 heavy (non-hydrogen) atoms. The van der Waals surface area contributed by atoms with E-state index >= 15 is 0 Å². The molecular weight excluding hydrogens is 649 g/mol. The molecule has 0 saturated heterocycles. The Kier molecular flexibility index (Phi) is 28.5. The van der Waals surface area contributed by atoms with Crippen molar-refractivity contribution >= 4 is 22.1 Å². The second kappa shape index (κ2) is 31.3. The maximum atomic E-state index is 13.0. The van der Waals surface area contributed by atoms with Crippen LogP contribution in [-0.2, 0) is 19.6 Å². The molecule has 0 aliphatic heterocycles.